The number of ether oxygens (including phenoxy) is 1. The summed E-state index contributed by atoms with van der Waals surface area (Å²) < 4.78 is 7.20. The summed E-state index contributed by atoms with van der Waals surface area (Å²) in [5.41, 5.74) is 6.68. The highest BCUT2D eigenvalue weighted by molar-refractivity contribution is 7.16. The number of aryl methyl sites for hydroxylation is 1. The van der Waals surface area contributed by atoms with Crippen LogP contribution >= 0.6 is 11.3 Å². The summed E-state index contributed by atoms with van der Waals surface area (Å²) in [6, 6.07) is 12.7. The van der Waals surface area contributed by atoms with Crippen molar-refractivity contribution in [3.05, 3.63) is 53.0 Å². The molecule has 3 nitrogen and oxygen atoms in total. The van der Waals surface area contributed by atoms with E-state index in [9.17, 15) is 0 Å². The molecule has 1 N–H and O–H groups in total. The van der Waals surface area contributed by atoms with Gasteiger partial charge < -0.3 is 10.1 Å². The van der Waals surface area contributed by atoms with E-state index in [-0.39, 0.29) is 6.10 Å². The van der Waals surface area contributed by atoms with Crippen molar-refractivity contribution in [1.82, 2.24) is 4.98 Å². The normalized spacial score (nSPS) is 16.7. The number of hydrogen-bond acceptors (Lipinski definition) is 4. The van der Waals surface area contributed by atoms with Crippen molar-refractivity contribution in [2.45, 2.75) is 19.4 Å². The fourth-order valence-electron chi connectivity index (χ4n) is 2.76. The highest BCUT2D eigenvalue weighted by Gasteiger charge is 2.22. The summed E-state index contributed by atoms with van der Waals surface area (Å²) in [6.45, 7) is 2.94. The number of hydrogen-bond donors (Lipinski definition) is 1. The van der Waals surface area contributed by atoms with Crippen LogP contribution in [0.15, 0.2) is 41.9 Å². The van der Waals surface area contributed by atoms with E-state index in [1.54, 1.807) is 11.3 Å². The van der Waals surface area contributed by atoms with Crippen LogP contribution in [-0.2, 0) is 6.42 Å². The fourth-order valence-corrected chi connectivity index (χ4v) is 3.48. The zero-order valence-corrected chi connectivity index (χ0v) is 12.6. The van der Waals surface area contributed by atoms with Gasteiger partial charge in [0, 0.05) is 12.1 Å². The molecule has 1 aliphatic rings. The molecule has 0 radical (unpaired) electrons. The summed E-state index contributed by atoms with van der Waals surface area (Å²) in [5.74, 6) is 1.03. The van der Waals surface area contributed by atoms with Crippen molar-refractivity contribution in [1.29, 1.82) is 0 Å². The molecule has 0 fully saturated rings. The molecule has 1 aliphatic heterocycles. The summed E-state index contributed by atoms with van der Waals surface area (Å²) in [7, 11) is 0. The van der Waals surface area contributed by atoms with E-state index in [2.05, 4.69) is 53.6 Å². The molecule has 0 saturated heterocycles. The molecule has 106 valence electrons. The number of rotatable bonds is 3. The van der Waals surface area contributed by atoms with E-state index < -0.39 is 0 Å². The van der Waals surface area contributed by atoms with Gasteiger partial charge in [-0.05, 0) is 36.8 Å². The quantitative estimate of drug-likeness (QED) is 0.792. The third kappa shape index (κ3) is 2.47. The Hall–Kier alpha value is -2.07. The number of fused-ring (bicyclic) bond motifs is 2. The second kappa shape index (κ2) is 5.04. The summed E-state index contributed by atoms with van der Waals surface area (Å²) >= 11 is 1.67. The average Bonchev–Trinajstić information content (AvgIpc) is 3.09. The van der Waals surface area contributed by atoms with Gasteiger partial charge >= 0.3 is 0 Å². The van der Waals surface area contributed by atoms with E-state index in [0.29, 0.717) is 0 Å². The summed E-state index contributed by atoms with van der Waals surface area (Å²) in [4.78, 5) is 4.30. The predicted molar refractivity (Wildman–Crippen MR) is 87.4 cm³/mol. The van der Waals surface area contributed by atoms with Gasteiger partial charge in [0.05, 0.1) is 22.3 Å². The first-order valence-electron chi connectivity index (χ1n) is 7.11. The maximum Gasteiger partial charge on any atom is 0.123 e. The van der Waals surface area contributed by atoms with Gasteiger partial charge in [0.1, 0.15) is 11.9 Å². The van der Waals surface area contributed by atoms with Gasteiger partial charge in [-0.25, -0.2) is 4.98 Å². The Morgan fingerprint density at radius 2 is 2.24 bits per heavy atom. The third-order valence-corrected chi connectivity index (χ3v) is 4.61. The molecule has 1 unspecified atom stereocenters. The first-order chi connectivity index (χ1) is 10.3. The van der Waals surface area contributed by atoms with Gasteiger partial charge in [0.25, 0.3) is 0 Å². The fraction of sp³-hybridized carbons (Fsp3) is 0.235. The lowest BCUT2D eigenvalue weighted by atomic mass is 10.1. The number of nitrogens with one attached hydrogen (secondary N) is 1. The van der Waals surface area contributed by atoms with Crippen molar-refractivity contribution in [3.63, 3.8) is 0 Å². The van der Waals surface area contributed by atoms with Crippen LogP contribution in [0.3, 0.4) is 0 Å². The summed E-state index contributed by atoms with van der Waals surface area (Å²) in [6.07, 6.45) is 1.19. The molecule has 1 aromatic heterocycles. The second-order valence-corrected chi connectivity index (χ2v) is 6.36. The number of aromatic nitrogens is 1. The molecule has 3 aromatic rings. The number of nitrogens with zero attached hydrogens (tertiary/aromatic N) is 1. The van der Waals surface area contributed by atoms with Crippen LogP contribution in [-0.4, -0.2) is 17.6 Å². The van der Waals surface area contributed by atoms with E-state index in [1.807, 2.05) is 5.51 Å². The lowest BCUT2D eigenvalue weighted by Crippen LogP contribution is -2.23. The second-order valence-electron chi connectivity index (χ2n) is 5.47. The van der Waals surface area contributed by atoms with Crippen LogP contribution in [0.1, 0.15) is 11.1 Å². The predicted octanol–water partition coefficient (Wildman–Crippen LogP) is 4.02. The topological polar surface area (TPSA) is 34.2 Å². The molecular formula is C17H16N2OS. The van der Waals surface area contributed by atoms with E-state index in [4.69, 9.17) is 4.74 Å². The molecular weight excluding hydrogens is 280 g/mol. The molecule has 0 spiro atoms. The largest absolute Gasteiger partial charge is 0.488 e. The smallest absolute Gasteiger partial charge is 0.123 e. The van der Waals surface area contributed by atoms with Crippen LogP contribution in [0.4, 0.5) is 5.69 Å². The van der Waals surface area contributed by atoms with E-state index >= 15 is 0 Å². The highest BCUT2D eigenvalue weighted by Crippen LogP contribution is 2.30. The number of benzene rings is 2. The standard InChI is InChI=1S/C17H16N2OS/c1-11-2-5-16-12(6-11)7-14(20-16)9-18-13-3-4-15-17(8-13)21-10-19-15/h2-6,8,10,14,18H,7,9H2,1H3. The lowest BCUT2D eigenvalue weighted by molar-refractivity contribution is 0.246. The zero-order chi connectivity index (χ0) is 14.2. The molecule has 2 heterocycles. The Bertz CT molecular complexity index is 796. The van der Waals surface area contributed by atoms with Crippen LogP contribution < -0.4 is 10.1 Å². The van der Waals surface area contributed by atoms with Crippen molar-refractivity contribution in [2.75, 3.05) is 11.9 Å². The van der Waals surface area contributed by atoms with Crippen molar-refractivity contribution < 1.29 is 4.74 Å². The van der Waals surface area contributed by atoms with Crippen molar-refractivity contribution in [3.8, 4) is 5.75 Å². The summed E-state index contributed by atoms with van der Waals surface area (Å²) in [5, 5.41) is 3.47. The molecule has 0 amide bonds. The minimum atomic E-state index is 0.207. The molecule has 4 heteroatoms. The number of anilines is 1. The Morgan fingerprint density at radius 1 is 1.29 bits per heavy atom. The first-order valence-corrected chi connectivity index (χ1v) is 7.99. The van der Waals surface area contributed by atoms with Crippen molar-refractivity contribution in [2.24, 2.45) is 0 Å². The van der Waals surface area contributed by atoms with Crippen LogP contribution in [0.5, 0.6) is 5.75 Å². The minimum Gasteiger partial charge on any atom is -0.488 e. The van der Waals surface area contributed by atoms with Gasteiger partial charge in [-0.1, -0.05) is 17.7 Å². The average molecular weight is 296 g/mol. The molecule has 2 aromatic carbocycles. The van der Waals surface area contributed by atoms with Crippen molar-refractivity contribution >= 4 is 27.2 Å². The molecule has 21 heavy (non-hydrogen) atoms. The van der Waals surface area contributed by atoms with E-state index in [0.717, 1.165) is 29.9 Å². The van der Waals surface area contributed by atoms with Gasteiger partial charge in [-0.3, -0.25) is 0 Å². The monoisotopic (exact) mass is 296 g/mol. The molecule has 0 aliphatic carbocycles. The van der Waals surface area contributed by atoms with Crippen LogP contribution in [0.25, 0.3) is 10.2 Å². The molecule has 0 bridgehead atoms. The van der Waals surface area contributed by atoms with Gasteiger partial charge in [-0.15, -0.1) is 11.3 Å². The zero-order valence-electron chi connectivity index (χ0n) is 11.8. The minimum absolute atomic E-state index is 0.207. The molecule has 0 saturated carbocycles. The maximum atomic E-state index is 5.98. The maximum absolute atomic E-state index is 5.98. The Kier molecular flexibility index (Phi) is 3.04. The Labute approximate surface area is 127 Å². The highest BCUT2D eigenvalue weighted by atomic mass is 32.1. The molecule has 4 rings (SSSR count). The van der Waals surface area contributed by atoms with Crippen LogP contribution in [0.2, 0.25) is 0 Å². The van der Waals surface area contributed by atoms with Gasteiger partial charge in [0.2, 0.25) is 0 Å². The molecule has 1 atom stereocenters. The third-order valence-electron chi connectivity index (χ3n) is 3.82. The first kappa shape index (κ1) is 12.7. The van der Waals surface area contributed by atoms with Gasteiger partial charge in [0.15, 0.2) is 0 Å². The Balaban J connectivity index is 1.43. The van der Waals surface area contributed by atoms with E-state index in [1.165, 1.54) is 15.8 Å². The van der Waals surface area contributed by atoms with Crippen LogP contribution in [0, 0.1) is 6.92 Å². The SMILES string of the molecule is Cc1ccc2c(c1)CC(CNc1ccc3ncsc3c1)O2. The van der Waals surface area contributed by atoms with Gasteiger partial charge in [-0.2, -0.15) is 0 Å². The lowest BCUT2D eigenvalue weighted by Gasteiger charge is -2.12. The number of thiazole rings is 1. The Morgan fingerprint density at radius 3 is 3.19 bits per heavy atom.